The number of fused-ring (bicyclic) bond motifs is 1. The number of hydrogen-bond acceptors (Lipinski definition) is 5. The van der Waals surface area contributed by atoms with Crippen molar-refractivity contribution in [1.82, 2.24) is 0 Å². The molecule has 6 nitrogen and oxygen atoms in total. The summed E-state index contributed by atoms with van der Waals surface area (Å²) in [6, 6.07) is 6.45. The van der Waals surface area contributed by atoms with Gasteiger partial charge in [0, 0.05) is 16.5 Å². The molecule has 8 heteroatoms. The Balaban J connectivity index is 3.03. The van der Waals surface area contributed by atoms with Crippen molar-refractivity contribution in [2.75, 3.05) is 5.73 Å². The summed E-state index contributed by atoms with van der Waals surface area (Å²) in [6.45, 7) is 3.20. The fourth-order valence-corrected chi connectivity index (χ4v) is 3.36. The molecule has 0 atom stereocenters. The molecular weight excluding hydrogens is 302 g/mol. The van der Waals surface area contributed by atoms with E-state index in [1.165, 1.54) is 24.3 Å². The fourth-order valence-electron chi connectivity index (χ4n) is 1.79. The molecular formula is C12H11NO5S2. The smallest absolute Gasteiger partial charge is 0.294 e. The topological polar surface area (TPSA) is 115 Å². The standard InChI is InChI=1S/C12H11NO5S2/c1-2-19(14,15)12-7-10(20(16,17)18)5-8-3-4-9(13)6-11(8)12/h2-7H,1,13H2,(H,16,17,18). The van der Waals surface area contributed by atoms with Crippen molar-refractivity contribution in [3.8, 4) is 0 Å². The lowest BCUT2D eigenvalue weighted by Gasteiger charge is -2.08. The van der Waals surface area contributed by atoms with Gasteiger partial charge in [-0.15, -0.1) is 0 Å². The van der Waals surface area contributed by atoms with Crippen LogP contribution in [0.2, 0.25) is 0 Å². The molecule has 106 valence electrons. The Kier molecular flexibility index (Phi) is 3.32. The molecule has 0 radical (unpaired) electrons. The summed E-state index contributed by atoms with van der Waals surface area (Å²) in [7, 11) is -8.42. The molecule has 0 bridgehead atoms. The van der Waals surface area contributed by atoms with Gasteiger partial charge in [-0.25, -0.2) is 8.42 Å². The van der Waals surface area contributed by atoms with E-state index in [0.717, 1.165) is 6.07 Å². The summed E-state index contributed by atoms with van der Waals surface area (Å²) < 4.78 is 55.5. The van der Waals surface area contributed by atoms with Crippen molar-refractivity contribution >= 4 is 36.4 Å². The first-order valence-electron chi connectivity index (χ1n) is 5.33. The average molecular weight is 313 g/mol. The number of rotatable bonds is 3. The largest absolute Gasteiger partial charge is 0.399 e. The van der Waals surface area contributed by atoms with Crippen molar-refractivity contribution in [3.05, 3.63) is 42.3 Å². The first kappa shape index (κ1) is 14.5. The Hall–Kier alpha value is -1.90. The van der Waals surface area contributed by atoms with E-state index in [1.807, 2.05) is 0 Å². The quantitative estimate of drug-likeness (QED) is 0.657. The van der Waals surface area contributed by atoms with Crippen LogP contribution in [0.5, 0.6) is 0 Å². The second-order valence-electron chi connectivity index (χ2n) is 4.09. The number of sulfone groups is 1. The summed E-state index contributed by atoms with van der Waals surface area (Å²) in [4.78, 5) is -0.778. The summed E-state index contributed by atoms with van der Waals surface area (Å²) >= 11 is 0. The third-order valence-corrected chi connectivity index (χ3v) is 4.96. The van der Waals surface area contributed by atoms with Gasteiger partial charge >= 0.3 is 0 Å². The minimum Gasteiger partial charge on any atom is -0.399 e. The molecule has 0 spiro atoms. The maximum Gasteiger partial charge on any atom is 0.294 e. The number of anilines is 1. The Morgan fingerprint density at radius 1 is 1.10 bits per heavy atom. The van der Waals surface area contributed by atoms with Crippen LogP contribution in [0, 0.1) is 0 Å². The normalized spacial score (nSPS) is 12.4. The van der Waals surface area contributed by atoms with Crippen LogP contribution < -0.4 is 5.73 Å². The SMILES string of the molecule is C=CS(=O)(=O)c1cc(S(=O)(=O)O)cc2ccc(N)cc12. The van der Waals surface area contributed by atoms with Gasteiger partial charge in [0.05, 0.1) is 9.79 Å². The molecule has 0 aliphatic carbocycles. The lowest BCUT2D eigenvalue weighted by molar-refractivity contribution is 0.483. The van der Waals surface area contributed by atoms with Crippen LogP contribution in [0.1, 0.15) is 0 Å². The van der Waals surface area contributed by atoms with Gasteiger partial charge in [0.2, 0.25) is 0 Å². The Morgan fingerprint density at radius 2 is 1.75 bits per heavy atom. The molecule has 3 N–H and O–H groups in total. The lowest BCUT2D eigenvalue weighted by atomic mass is 10.1. The number of nitrogen functional groups attached to an aromatic ring is 1. The summed E-state index contributed by atoms with van der Waals surface area (Å²) in [5.41, 5.74) is 5.94. The minimum atomic E-state index is -4.53. The zero-order chi connectivity index (χ0) is 15.1. The molecule has 0 saturated carbocycles. The molecule has 0 aliphatic heterocycles. The van der Waals surface area contributed by atoms with Gasteiger partial charge in [0.1, 0.15) is 0 Å². The number of benzene rings is 2. The predicted octanol–water partition coefficient (Wildman–Crippen LogP) is 1.59. The molecule has 2 aromatic carbocycles. The van der Waals surface area contributed by atoms with E-state index in [0.29, 0.717) is 16.5 Å². The third-order valence-electron chi connectivity index (χ3n) is 2.74. The highest BCUT2D eigenvalue weighted by Crippen LogP contribution is 2.29. The van der Waals surface area contributed by atoms with Crippen molar-refractivity contribution in [2.45, 2.75) is 9.79 Å². The average Bonchev–Trinajstić information content (AvgIpc) is 2.36. The van der Waals surface area contributed by atoms with E-state index < -0.39 is 24.9 Å². The zero-order valence-corrected chi connectivity index (χ0v) is 11.8. The van der Waals surface area contributed by atoms with Gasteiger partial charge in [0.25, 0.3) is 10.1 Å². The van der Waals surface area contributed by atoms with Crippen LogP contribution in [0.3, 0.4) is 0 Å². The molecule has 20 heavy (non-hydrogen) atoms. The van der Waals surface area contributed by atoms with Gasteiger partial charge < -0.3 is 5.73 Å². The second-order valence-corrected chi connectivity index (χ2v) is 7.37. The highest BCUT2D eigenvalue weighted by Gasteiger charge is 2.20. The van der Waals surface area contributed by atoms with Gasteiger partial charge in [-0.1, -0.05) is 12.6 Å². The minimum absolute atomic E-state index is 0.261. The number of nitrogens with two attached hydrogens (primary N) is 1. The first-order valence-corrected chi connectivity index (χ1v) is 8.32. The van der Waals surface area contributed by atoms with Gasteiger partial charge in [0.15, 0.2) is 9.84 Å². The van der Waals surface area contributed by atoms with Gasteiger partial charge in [-0.3, -0.25) is 4.55 Å². The highest BCUT2D eigenvalue weighted by molar-refractivity contribution is 7.94. The second kappa shape index (κ2) is 4.58. The van der Waals surface area contributed by atoms with E-state index in [9.17, 15) is 16.8 Å². The van der Waals surface area contributed by atoms with E-state index in [2.05, 4.69) is 6.58 Å². The van der Waals surface area contributed by atoms with Crippen LogP contribution in [-0.4, -0.2) is 21.4 Å². The maximum absolute atomic E-state index is 12.0. The van der Waals surface area contributed by atoms with Gasteiger partial charge in [-0.2, -0.15) is 8.42 Å². The summed E-state index contributed by atoms with van der Waals surface area (Å²) in [6.07, 6.45) is 0. The third kappa shape index (κ3) is 2.53. The van der Waals surface area contributed by atoms with Crippen molar-refractivity contribution in [1.29, 1.82) is 0 Å². The van der Waals surface area contributed by atoms with E-state index in [4.69, 9.17) is 10.3 Å². The molecule has 2 rings (SSSR count). The lowest BCUT2D eigenvalue weighted by Crippen LogP contribution is -2.03. The van der Waals surface area contributed by atoms with Crippen LogP contribution in [0.25, 0.3) is 10.8 Å². The number of hydrogen-bond donors (Lipinski definition) is 2. The van der Waals surface area contributed by atoms with Gasteiger partial charge in [-0.05, 0) is 29.7 Å². The molecule has 2 aromatic rings. The van der Waals surface area contributed by atoms with Crippen LogP contribution in [0.4, 0.5) is 5.69 Å². The molecule has 0 heterocycles. The van der Waals surface area contributed by atoms with Crippen molar-refractivity contribution in [3.63, 3.8) is 0 Å². The Morgan fingerprint density at radius 3 is 2.30 bits per heavy atom. The van der Waals surface area contributed by atoms with E-state index in [1.54, 1.807) is 0 Å². The summed E-state index contributed by atoms with van der Waals surface area (Å²) in [5.74, 6) is 0. The Labute approximate surface area is 116 Å². The molecule has 0 aliphatic rings. The van der Waals surface area contributed by atoms with Crippen LogP contribution >= 0.6 is 0 Å². The van der Waals surface area contributed by atoms with Crippen molar-refractivity contribution in [2.24, 2.45) is 0 Å². The monoisotopic (exact) mass is 313 g/mol. The predicted molar refractivity (Wildman–Crippen MR) is 75.6 cm³/mol. The highest BCUT2D eigenvalue weighted by atomic mass is 32.2. The fraction of sp³-hybridized carbons (Fsp3) is 0. The first-order chi connectivity index (χ1) is 9.15. The molecule has 0 saturated heterocycles. The van der Waals surface area contributed by atoms with Crippen molar-refractivity contribution < 1.29 is 21.4 Å². The van der Waals surface area contributed by atoms with Crippen LogP contribution in [-0.2, 0) is 20.0 Å². The van der Waals surface area contributed by atoms with E-state index >= 15 is 0 Å². The summed E-state index contributed by atoms with van der Waals surface area (Å²) in [5, 5.41) is 1.30. The van der Waals surface area contributed by atoms with Crippen LogP contribution in [0.15, 0.2) is 52.1 Å². The molecule has 0 unspecified atom stereocenters. The molecule has 0 amide bonds. The zero-order valence-electron chi connectivity index (χ0n) is 10.1. The molecule has 0 fully saturated rings. The maximum atomic E-state index is 12.0. The Bertz CT molecular complexity index is 914. The van der Waals surface area contributed by atoms with E-state index in [-0.39, 0.29) is 10.3 Å². The molecule has 0 aromatic heterocycles.